The van der Waals surface area contributed by atoms with Crippen molar-refractivity contribution in [1.29, 1.82) is 0 Å². The molecule has 41 heavy (non-hydrogen) atoms. The van der Waals surface area contributed by atoms with Gasteiger partial charge in [0.25, 0.3) is 11.1 Å². The Morgan fingerprint density at radius 2 is 1.15 bits per heavy atom. The number of hydrogen-bond donors (Lipinski definition) is 2. The van der Waals surface area contributed by atoms with Gasteiger partial charge in [0, 0.05) is 17.0 Å². The Balaban J connectivity index is 1.65. The van der Waals surface area contributed by atoms with Crippen molar-refractivity contribution < 1.29 is 4.74 Å². The Bertz CT molecular complexity index is 1600. The molecule has 0 saturated heterocycles. The number of aromatic nitrogens is 4. The summed E-state index contributed by atoms with van der Waals surface area (Å²) in [7, 11) is 0. The zero-order chi connectivity index (χ0) is 28.8. The van der Waals surface area contributed by atoms with E-state index in [-0.39, 0.29) is 11.1 Å². The van der Waals surface area contributed by atoms with E-state index >= 15 is 0 Å². The highest BCUT2D eigenvalue weighted by atomic mass is 16.5. The van der Waals surface area contributed by atoms with Crippen LogP contribution in [-0.4, -0.2) is 26.2 Å². The molecule has 2 aromatic heterocycles. The highest BCUT2D eigenvalue weighted by Crippen LogP contribution is 2.37. The summed E-state index contributed by atoms with van der Waals surface area (Å²) >= 11 is 0. The normalized spacial score (nSPS) is 11.3. The van der Waals surface area contributed by atoms with Gasteiger partial charge in [-0.05, 0) is 50.6 Å². The first-order chi connectivity index (χ1) is 20.0. The molecule has 0 bridgehead atoms. The highest BCUT2D eigenvalue weighted by molar-refractivity contribution is 5.52. The lowest BCUT2D eigenvalue weighted by molar-refractivity contribution is 0.301. The van der Waals surface area contributed by atoms with Crippen LogP contribution in [0.15, 0.2) is 94.5 Å². The third kappa shape index (κ3) is 5.85. The van der Waals surface area contributed by atoms with Crippen LogP contribution in [0.3, 0.4) is 0 Å². The van der Waals surface area contributed by atoms with Gasteiger partial charge in [0.15, 0.2) is 0 Å². The second kappa shape index (κ2) is 12.8. The van der Waals surface area contributed by atoms with Crippen molar-refractivity contribution in [2.24, 2.45) is 0 Å². The van der Waals surface area contributed by atoms with Gasteiger partial charge < -0.3 is 4.74 Å². The van der Waals surface area contributed by atoms with Crippen LogP contribution >= 0.6 is 0 Å². The average Bonchev–Trinajstić information content (AvgIpc) is 3.46. The van der Waals surface area contributed by atoms with E-state index in [0.717, 1.165) is 29.8 Å². The van der Waals surface area contributed by atoms with Gasteiger partial charge in [-0.2, -0.15) is 0 Å². The molecule has 2 heterocycles. The maximum absolute atomic E-state index is 14.1. The third-order valence-electron chi connectivity index (χ3n) is 7.58. The summed E-state index contributed by atoms with van der Waals surface area (Å²) in [5.41, 5.74) is 4.30. The second-order valence-electron chi connectivity index (χ2n) is 10.5. The summed E-state index contributed by atoms with van der Waals surface area (Å²) in [5.74, 6) is 0.0410. The molecule has 0 atom stereocenters. The molecule has 0 aliphatic rings. The summed E-state index contributed by atoms with van der Waals surface area (Å²) in [4.78, 5) is 28.2. The van der Waals surface area contributed by atoms with Gasteiger partial charge in [0.05, 0.1) is 35.0 Å². The number of nitrogens with zero attached hydrogens (tertiary/aromatic N) is 2. The largest absolute Gasteiger partial charge is 0.493 e. The van der Waals surface area contributed by atoms with Crippen LogP contribution < -0.4 is 15.9 Å². The maximum Gasteiger partial charge on any atom is 0.275 e. The van der Waals surface area contributed by atoms with E-state index in [0.29, 0.717) is 34.9 Å². The van der Waals surface area contributed by atoms with E-state index in [1.807, 2.05) is 98.8 Å². The Morgan fingerprint density at radius 3 is 1.68 bits per heavy atom. The number of H-pyrrole nitrogens is 2. The SMILES string of the molecule is CCCCCCCOc1ccccc1C(c1c(C)[nH]n(-c2ccccc2)c1=O)c1c(C)[nH]n(-c2ccccc2)c1=O. The molecule has 7 heteroatoms. The number of aryl methyl sites for hydroxylation is 2. The monoisotopic (exact) mass is 550 g/mol. The summed E-state index contributed by atoms with van der Waals surface area (Å²) in [6.07, 6.45) is 5.66. The number of rotatable bonds is 12. The number of unbranched alkanes of at least 4 members (excludes halogenated alkanes) is 4. The molecule has 5 aromatic rings. The van der Waals surface area contributed by atoms with E-state index in [1.54, 1.807) is 9.36 Å². The van der Waals surface area contributed by atoms with Gasteiger partial charge >= 0.3 is 0 Å². The third-order valence-corrected chi connectivity index (χ3v) is 7.58. The van der Waals surface area contributed by atoms with E-state index in [2.05, 4.69) is 17.1 Å². The number of para-hydroxylation sites is 3. The minimum atomic E-state index is -0.645. The van der Waals surface area contributed by atoms with Gasteiger partial charge in [-0.15, -0.1) is 0 Å². The quantitative estimate of drug-likeness (QED) is 0.168. The van der Waals surface area contributed by atoms with Gasteiger partial charge in [-0.25, -0.2) is 9.36 Å². The van der Waals surface area contributed by atoms with E-state index in [4.69, 9.17) is 4.74 Å². The predicted octanol–water partition coefficient (Wildman–Crippen LogP) is 6.79. The van der Waals surface area contributed by atoms with Gasteiger partial charge in [-0.3, -0.25) is 19.8 Å². The summed E-state index contributed by atoms with van der Waals surface area (Å²) in [6.45, 7) is 6.56. The van der Waals surface area contributed by atoms with Gasteiger partial charge in [0.2, 0.25) is 0 Å². The average molecular weight is 551 g/mol. The standard InChI is InChI=1S/C34H38N4O3/c1-4-5-6-7-16-23-41-29-22-15-14-21-28(29)32(30-24(2)35-37(33(30)39)26-17-10-8-11-18-26)31-25(3)36-38(34(31)40)27-19-12-9-13-20-27/h8-15,17-22,32,35-36H,4-7,16,23H2,1-3H3. The molecule has 0 radical (unpaired) electrons. The Morgan fingerprint density at radius 1 is 0.659 bits per heavy atom. The van der Waals surface area contributed by atoms with E-state index in [1.165, 1.54) is 19.3 Å². The molecule has 5 rings (SSSR count). The molecular formula is C34H38N4O3. The molecule has 2 N–H and O–H groups in total. The summed E-state index contributed by atoms with van der Waals surface area (Å²) in [5, 5.41) is 6.52. The molecule has 212 valence electrons. The molecule has 0 unspecified atom stereocenters. The highest BCUT2D eigenvalue weighted by Gasteiger charge is 2.32. The topological polar surface area (TPSA) is 84.8 Å². The maximum atomic E-state index is 14.1. The van der Waals surface area contributed by atoms with Crippen LogP contribution in [0.5, 0.6) is 5.75 Å². The van der Waals surface area contributed by atoms with Crippen LogP contribution in [0.25, 0.3) is 11.4 Å². The fraction of sp³-hybridized carbons (Fsp3) is 0.294. The number of ether oxygens (including phenoxy) is 1. The van der Waals surface area contributed by atoms with Crippen molar-refractivity contribution in [2.45, 2.75) is 58.8 Å². The molecule has 0 fully saturated rings. The second-order valence-corrected chi connectivity index (χ2v) is 10.5. The van der Waals surface area contributed by atoms with Crippen LogP contribution in [0.1, 0.15) is 73.0 Å². The van der Waals surface area contributed by atoms with Crippen LogP contribution in [0.2, 0.25) is 0 Å². The number of aromatic amines is 2. The molecule has 0 saturated carbocycles. The molecule has 0 amide bonds. The minimum absolute atomic E-state index is 0.195. The first-order valence-corrected chi connectivity index (χ1v) is 14.5. The van der Waals surface area contributed by atoms with Crippen molar-refractivity contribution >= 4 is 0 Å². The lowest BCUT2D eigenvalue weighted by Crippen LogP contribution is -2.25. The van der Waals surface area contributed by atoms with Crippen molar-refractivity contribution in [3.05, 3.63) is 134 Å². The Kier molecular flexibility index (Phi) is 8.73. The van der Waals surface area contributed by atoms with Crippen molar-refractivity contribution in [1.82, 2.24) is 19.6 Å². The molecule has 0 aliphatic carbocycles. The van der Waals surface area contributed by atoms with Crippen LogP contribution in [0, 0.1) is 13.8 Å². The van der Waals surface area contributed by atoms with E-state index < -0.39 is 5.92 Å². The number of nitrogens with one attached hydrogen (secondary N) is 2. The first-order valence-electron chi connectivity index (χ1n) is 14.5. The summed E-state index contributed by atoms with van der Waals surface area (Å²) < 4.78 is 9.44. The first kappa shape index (κ1) is 28.0. The lowest BCUT2D eigenvalue weighted by atomic mass is 9.84. The molecule has 7 nitrogen and oxygen atoms in total. The number of hydrogen-bond acceptors (Lipinski definition) is 3. The predicted molar refractivity (Wildman–Crippen MR) is 164 cm³/mol. The molecule has 0 aliphatic heterocycles. The van der Waals surface area contributed by atoms with Crippen LogP contribution in [-0.2, 0) is 0 Å². The molecule has 3 aromatic carbocycles. The number of benzene rings is 3. The Hall–Kier alpha value is -4.52. The smallest absolute Gasteiger partial charge is 0.275 e. The molecular weight excluding hydrogens is 512 g/mol. The fourth-order valence-electron chi connectivity index (χ4n) is 5.51. The Labute approximate surface area is 240 Å². The lowest BCUT2D eigenvalue weighted by Gasteiger charge is -2.20. The zero-order valence-corrected chi connectivity index (χ0v) is 24.0. The zero-order valence-electron chi connectivity index (χ0n) is 24.0. The summed E-state index contributed by atoms with van der Waals surface area (Å²) in [6, 6.07) is 26.7. The van der Waals surface area contributed by atoms with Crippen molar-refractivity contribution in [2.75, 3.05) is 6.61 Å². The van der Waals surface area contributed by atoms with Gasteiger partial charge in [-0.1, -0.05) is 87.2 Å². The van der Waals surface area contributed by atoms with Gasteiger partial charge in [0.1, 0.15) is 5.75 Å². The molecule has 0 spiro atoms. The van der Waals surface area contributed by atoms with Crippen LogP contribution in [0.4, 0.5) is 0 Å². The fourth-order valence-corrected chi connectivity index (χ4v) is 5.51. The van der Waals surface area contributed by atoms with Crippen molar-refractivity contribution in [3.8, 4) is 17.1 Å². The van der Waals surface area contributed by atoms with E-state index in [9.17, 15) is 9.59 Å². The van der Waals surface area contributed by atoms with Crippen molar-refractivity contribution in [3.63, 3.8) is 0 Å². The minimum Gasteiger partial charge on any atom is -0.493 e.